The highest BCUT2D eigenvalue weighted by molar-refractivity contribution is 7.99. The second kappa shape index (κ2) is 5.43. The van der Waals surface area contributed by atoms with E-state index in [0.29, 0.717) is 11.2 Å². The molecule has 0 fully saturated rings. The van der Waals surface area contributed by atoms with Crippen LogP contribution in [0.4, 0.5) is 5.69 Å². The number of aromatic nitrogens is 1. The van der Waals surface area contributed by atoms with Gasteiger partial charge in [-0.3, -0.25) is 0 Å². The van der Waals surface area contributed by atoms with E-state index in [4.69, 9.17) is 11.6 Å². The van der Waals surface area contributed by atoms with Gasteiger partial charge in [0.15, 0.2) is 0 Å². The van der Waals surface area contributed by atoms with Gasteiger partial charge in [-0.1, -0.05) is 29.8 Å². The fraction of sp³-hybridized carbons (Fsp3) is 0.267. The van der Waals surface area contributed by atoms with Crippen LogP contribution in [0, 0.1) is 6.92 Å². The Morgan fingerprint density at radius 1 is 1.37 bits per heavy atom. The van der Waals surface area contributed by atoms with Gasteiger partial charge in [0, 0.05) is 10.6 Å². The van der Waals surface area contributed by atoms with Gasteiger partial charge in [0.2, 0.25) is 0 Å². The lowest BCUT2D eigenvalue weighted by Gasteiger charge is -2.26. The van der Waals surface area contributed by atoms with Crippen molar-refractivity contribution in [1.29, 1.82) is 0 Å². The van der Waals surface area contributed by atoms with Gasteiger partial charge in [-0.25, -0.2) is 4.98 Å². The van der Waals surface area contributed by atoms with Gasteiger partial charge in [0.25, 0.3) is 0 Å². The SMILES string of the molecule is Cc1cc(NC2CCSc3ccccc32)cnc1Cl. The summed E-state index contributed by atoms with van der Waals surface area (Å²) in [7, 11) is 0. The minimum atomic E-state index is 0.361. The Bertz CT molecular complexity index is 600. The Hall–Kier alpha value is -1.19. The van der Waals surface area contributed by atoms with E-state index in [1.807, 2.05) is 18.7 Å². The lowest BCUT2D eigenvalue weighted by atomic mass is 10.0. The highest BCUT2D eigenvalue weighted by Gasteiger charge is 2.20. The van der Waals surface area contributed by atoms with Crippen molar-refractivity contribution in [3.8, 4) is 0 Å². The number of benzene rings is 1. The third-order valence-corrected chi connectivity index (χ3v) is 4.83. The van der Waals surface area contributed by atoms with Gasteiger partial charge in [-0.05, 0) is 36.6 Å². The molecule has 4 heteroatoms. The molecule has 0 aliphatic carbocycles. The van der Waals surface area contributed by atoms with Gasteiger partial charge in [0.05, 0.1) is 17.9 Å². The first-order chi connectivity index (χ1) is 9.24. The highest BCUT2D eigenvalue weighted by Crippen LogP contribution is 2.37. The average molecular weight is 291 g/mol. The quantitative estimate of drug-likeness (QED) is 0.812. The first-order valence-electron chi connectivity index (χ1n) is 6.34. The van der Waals surface area contributed by atoms with Crippen molar-refractivity contribution in [3.63, 3.8) is 0 Å². The van der Waals surface area contributed by atoms with Crippen molar-refractivity contribution in [2.75, 3.05) is 11.1 Å². The van der Waals surface area contributed by atoms with Crippen molar-refractivity contribution in [1.82, 2.24) is 4.98 Å². The van der Waals surface area contributed by atoms with Crippen LogP contribution in [-0.4, -0.2) is 10.7 Å². The van der Waals surface area contributed by atoms with Crippen molar-refractivity contribution in [2.24, 2.45) is 0 Å². The molecule has 2 aromatic rings. The molecule has 0 saturated heterocycles. The Balaban J connectivity index is 1.86. The third kappa shape index (κ3) is 2.72. The van der Waals surface area contributed by atoms with Crippen molar-refractivity contribution >= 4 is 29.1 Å². The van der Waals surface area contributed by atoms with Crippen LogP contribution >= 0.6 is 23.4 Å². The summed E-state index contributed by atoms with van der Waals surface area (Å²) in [5.41, 5.74) is 3.42. The number of anilines is 1. The number of halogens is 1. The third-order valence-electron chi connectivity index (χ3n) is 3.31. The molecule has 1 aliphatic rings. The Morgan fingerprint density at radius 2 is 2.21 bits per heavy atom. The molecular formula is C15H15ClN2S. The maximum atomic E-state index is 5.96. The summed E-state index contributed by atoms with van der Waals surface area (Å²) in [6, 6.07) is 11.0. The monoisotopic (exact) mass is 290 g/mol. The predicted molar refractivity (Wildman–Crippen MR) is 82.1 cm³/mol. The Labute approximate surface area is 122 Å². The molecule has 0 bridgehead atoms. The molecule has 1 N–H and O–H groups in total. The van der Waals surface area contributed by atoms with Crippen LogP contribution in [0.5, 0.6) is 0 Å². The number of thioether (sulfide) groups is 1. The first-order valence-corrected chi connectivity index (χ1v) is 7.71. The van der Waals surface area contributed by atoms with E-state index in [2.05, 4.69) is 40.6 Å². The van der Waals surface area contributed by atoms with Gasteiger partial charge >= 0.3 is 0 Å². The van der Waals surface area contributed by atoms with Crippen molar-refractivity contribution in [3.05, 3.63) is 52.8 Å². The number of nitrogens with one attached hydrogen (secondary N) is 1. The zero-order valence-electron chi connectivity index (χ0n) is 10.7. The topological polar surface area (TPSA) is 24.9 Å². The number of aryl methyl sites for hydroxylation is 1. The van der Waals surface area contributed by atoms with E-state index in [1.54, 1.807) is 6.20 Å². The molecule has 98 valence electrons. The lowest BCUT2D eigenvalue weighted by Crippen LogP contribution is -2.16. The lowest BCUT2D eigenvalue weighted by molar-refractivity contribution is 0.728. The molecular weight excluding hydrogens is 276 g/mol. The van der Waals surface area contributed by atoms with E-state index < -0.39 is 0 Å². The summed E-state index contributed by atoms with van der Waals surface area (Å²) < 4.78 is 0. The molecule has 1 unspecified atom stereocenters. The molecule has 3 rings (SSSR count). The molecule has 0 spiro atoms. The highest BCUT2D eigenvalue weighted by atomic mass is 35.5. The van der Waals surface area contributed by atoms with Gasteiger partial charge in [-0.15, -0.1) is 11.8 Å². The summed E-state index contributed by atoms with van der Waals surface area (Å²) in [5.74, 6) is 1.15. The number of nitrogens with zero attached hydrogens (tertiary/aromatic N) is 1. The zero-order valence-corrected chi connectivity index (χ0v) is 12.3. The largest absolute Gasteiger partial charge is 0.377 e. The molecule has 1 aliphatic heterocycles. The maximum absolute atomic E-state index is 5.96. The van der Waals surface area contributed by atoms with Crippen LogP contribution in [0.3, 0.4) is 0 Å². The summed E-state index contributed by atoms with van der Waals surface area (Å²) in [5, 5.41) is 4.14. The van der Waals surface area contributed by atoms with Crippen LogP contribution < -0.4 is 5.32 Å². The minimum absolute atomic E-state index is 0.361. The Kier molecular flexibility index (Phi) is 3.67. The molecule has 1 aromatic heterocycles. The van der Waals surface area contributed by atoms with Crippen LogP contribution in [0.25, 0.3) is 0 Å². The average Bonchev–Trinajstić information content (AvgIpc) is 2.43. The standard InChI is InChI=1S/C15H15ClN2S/c1-10-8-11(9-17-15(10)16)18-13-6-7-19-14-5-3-2-4-12(13)14/h2-5,8-9,13,18H,6-7H2,1H3. The van der Waals surface area contributed by atoms with E-state index in [9.17, 15) is 0 Å². The minimum Gasteiger partial charge on any atom is -0.377 e. The van der Waals surface area contributed by atoms with E-state index in [1.165, 1.54) is 10.5 Å². The van der Waals surface area contributed by atoms with Crippen molar-refractivity contribution < 1.29 is 0 Å². The molecule has 2 nitrogen and oxygen atoms in total. The second-order valence-electron chi connectivity index (χ2n) is 4.70. The summed E-state index contributed by atoms with van der Waals surface area (Å²) in [4.78, 5) is 5.58. The zero-order chi connectivity index (χ0) is 13.2. The number of fused-ring (bicyclic) bond motifs is 1. The van der Waals surface area contributed by atoms with E-state index in [0.717, 1.165) is 23.4 Å². The fourth-order valence-corrected chi connectivity index (χ4v) is 3.56. The number of rotatable bonds is 2. The first kappa shape index (κ1) is 12.8. The molecule has 19 heavy (non-hydrogen) atoms. The number of hydrogen-bond donors (Lipinski definition) is 1. The second-order valence-corrected chi connectivity index (χ2v) is 6.20. The fourth-order valence-electron chi connectivity index (χ4n) is 2.33. The summed E-state index contributed by atoms with van der Waals surface area (Å²) in [6.45, 7) is 1.98. The number of pyridine rings is 1. The molecule has 0 radical (unpaired) electrons. The predicted octanol–water partition coefficient (Wildman–Crippen LogP) is 4.69. The van der Waals surface area contributed by atoms with Crippen LogP contribution in [0.2, 0.25) is 5.15 Å². The molecule has 2 heterocycles. The van der Waals surface area contributed by atoms with Crippen LogP contribution in [-0.2, 0) is 0 Å². The molecule has 1 aromatic carbocycles. The van der Waals surface area contributed by atoms with Crippen molar-refractivity contribution in [2.45, 2.75) is 24.3 Å². The van der Waals surface area contributed by atoms with Gasteiger partial charge in [0.1, 0.15) is 5.15 Å². The summed E-state index contributed by atoms with van der Waals surface area (Å²) in [6.07, 6.45) is 2.93. The van der Waals surface area contributed by atoms with Gasteiger partial charge in [-0.2, -0.15) is 0 Å². The molecule has 0 amide bonds. The Morgan fingerprint density at radius 3 is 3.05 bits per heavy atom. The molecule has 1 atom stereocenters. The normalized spacial score (nSPS) is 17.9. The smallest absolute Gasteiger partial charge is 0.132 e. The van der Waals surface area contributed by atoms with E-state index >= 15 is 0 Å². The maximum Gasteiger partial charge on any atom is 0.132 e. The summed E-state index contributed by atoms with van der Waals surface area (Å²) >= 11 is 7.89. The van der Waals surface area contributed by atoms with E-state index in [-0.39, 0.29) is 0 Å². The van der Waals surface area contributed by atoms with Crippen LogP contribution in [0.1, 0.15) is 23.6 Å². The molecule has 0 saturated carbocycles. The van der Waals surface area contributed by atoms with Crippen LogP contribution in [0.15, 0.2) is 41.4 Å². The number of hydrogen-bond acceptors (Lipinski definition) is 3. The van der Waals surface area contributed by atoms with Gasteiger partial charge < -0.3 is 5.32 Å².